The van der Waals surface area contributed by atoms with Crippen LogP contribution in [0.4, 0.5) is 24.5 Å². The molecule has 7 nitrogen and oxygen atoms in total. The molecule has 0 radical (unpaired) electrons. The van der Waals surface area contributed by atoms with Gasteiger partial charge in [-0.25, -0.2) is 13.2 Å². The number of anilines is 2. The number of pyridine rings is 1. The van der Waals surface area contributed by atoms with Crippen LogP contribution in [0.5, 0.6) is 5.75 Å². The molecule has 0 bridgehead atoms. The van der Waals surface area contributed by atoms with E-state index in [1.165, 1.54) is 0 Å². The Morgan fingerprint density at radius 3 is 2.59 bits per heavy atom. The van der Waals surface area contributed by atoms with E-state index in [4.69, 9.17) is 4.74 Å². The molecule has 1 aliphatic heterocycles. The largest absolute Gasteiger partial charge is 0.497 e. The highest BCUT2D eigenvalue weighted by atomic mass is 19.2. The molecule has 1 aliphatic rings. The van der Waals surface area contributed by atoms with Crippen molar-refractivity contribution in [1.82, 2.24) is 9.88 Å². The van der Waals surface area contributed by atoms with Crippen LogP contribution in [0.25, 0.3) is 10.9 Å². The summed E-state index contributed by atoms with van der Waals surface area (Å²) in [6.45, 7) is 1.94. The molecule has 1 aromatic heterocycles. The number of methoxy groups -OCH3 is 1. The second-order valence-corrected chi connectivity index (χ2v) is 10.4. The van der Waals surface area contributed by atoms with Gasteiger partial charge in [-0.1, -0.05) is 0 Å². The number of benzene rings is 2. The van der Waals surface area contributed by atoms with Gasteiger partial charge in [0.1, 0.15) is 11.6 Å². The number of hydrogen-bond donors (Lipinski definition) is 2. The quantitative estimate of drug-likeness (QED) is 0.316. The maximum atomic E-state index is 13.9. The monoisotopic (exact) mass is 544 g/mol. The first kappa shape index (κ1) is 28.5. The zero-order valence-electron chi connectivity index (χ0n) is 22.6. The van der Waals surface area contributed by atoms with Crippen LogP contribution in [0.2, 0.25) is 0 Å². The van der Waals surface area contributed by atoms with Crippen LogP contribution in [0.3, 0.4) is 0 Å². The van der Waals surface area contributed by atoms with Gasteiger partial charge in [0, 0.05) is 44.7 Å². The lowest BCUT2D eigenvalue weighted by molar-refractivity contribution is -0.152. The van der Waals surface area contributed by atoms with Crippen molar-refractivity contribution in [3.63, 3.8) is 0 Å². The summed E-state index contributed by atoms with van der Waals surface area (Å²) in [4.78, 5) is 21.1. The summed E-state index contributed by atoms with van der Waals surface area (Å²) in [6, 6.07) is 7.22. The van der Waals surface area contributed by atoms with E-state index in [1.54, 1.807) is 7.11 Å². The number of carboxylic acid groups (broad SMARTS) is 1. The summed E-state index contributed by atoms with van der Waals surface area (Å²) in [5.41, 5.74) is 1.95. The number of rotatable bonds is 11. The maximum Gasteiger partial charge on any atom is 0.309 e. The molecule has 3 aromatic rings. The lowest BCUT2D eigenvalue weighted by atomic mass is 9.74. The number of aryl methyl sites for hydroxylation is 1. The third kappa shape index (κ3) is 6.38. The average Bonchev–Trinajstić information content (AvgIpc) is 2.91. The molecule has 2 heterocycles. The number of nitrogens with one attached hydrogen (secondary N) is 1. The Bertz CT molecular complexity index is 1330. The fraction of sp³-hybridized carbons (Fsp3) is 0.448. The van der Waals surface area contributed by atoms with Gasteiger partial charge in [-0.15, -0.1) is 0 Å². The summed E-state index contributed by atoms with van der Waals surface area (Å²) >= 11 is 0. The second kappa shape index (κ2) is 12.1. The Kier molecular flexibility index (Phi) is 8.84. The van der Waals surface area contributed by atoms with Crippen molar-refractivity contribution in [2.45, 2.75) is 32.1 Å². The highest BCUT2D eigenvalue weighted by Gasteiger charge is 2.40. The van der Waals surface area contributed by atoms with Crippen LogP contribution >= 0.6 is 0 Å². The van der Waals surface area contributed by atoms with E-state index in [-0.39, 0.29) is 12.2 Å². The van der Waals surface area contributed by atoms with E-state index in [1.807, 2.05) is 43.4 Å². The highest BCUT2D eigenvalue weighted by molar-refractivity contribution is 5.88. The molecule has 2 N–H and O–H groups in total. The molecule has 4 rings (SSSR count). The molecule has 10 heteroatoms. The van der Waals surface area contributed by atoms with E-state index >= 15 is 0 Å². The van der Waals surface area contributed by atoms with Crippen molar-refractivity contribution >= 4 is 28.2 Å². The Hall–Kier alpha value is -3.53. The van der Waals surface area contributed by atoms with Gasteiger partial charge in [-0.3, -0.25) is 9.78 Å². The molecule has 0 atom stereocenters. The third-order valence-corrected chi connectivity index (χ3v) is 7.73. The van der Waals surface area contributed by atoms with Gasteiger partial charge in [0.05, 0.1) is 35.6 Å². The van der Waals surface area contributed by atoms with Crippen molar-refractivity contribution in [3.05, 3.63) is 59.5 Å². The van der Waals surface area contributed by atoms with Crippen molar-refractivity contribution in [2.75, 3.05) is 57.6 Å². The molecule has 2 aromatic carbocycles. The number of carboxylic acids is 1. The number of aromatic nitrogens is 1. The van der Waals surface area contributed by atoms with Crippen molar-refractivity contribution < 1.29 is 27.8 Å². The number of fused-ring (bicyclic) bond motifs is 1. The summed E-state index contributed by atoms with van der Waals surface area (Å²) in [7, 11) is 5.56. The minimum absolute atomic E-state index is 0.220. The van der Waals surface area contributed by atoms with E-state index in [2.05, 4.69) is 15.2 Å². The third-order valence-electron chi connectivity index (χ3n) is 7.73. The number of carbonyl (C=O) groups is 1. The van der Waals surface area contributed by atoms with Crippen LogP contribution in [-0.2, 0) is 11.2 Å². The van der Waals surface area contributed by atoms with Crippen molar-refractivity contribution in [2.24, 2.45) is 5.41 Å². The maximum absolute atomic E-state index is 13.9. The predicted octanol–water partition coefficient (Wildman–Crippen LogP) is 5.33. The number of ether oxygens (including phenoxy) is 1. The van der Waals surface area contributed by atoms with E-state index < -0.39 is 28.8 Å². The lowest BCUT2D eigenvalue weighted by Gasteiger charge is -2.39. The van der Waals surface area contributed by atoms with Gasteiger partial charge in [0.15, 0.2) is 11.6 Å². The summed E-state index contributed by atoms with van der Waals surface area (Å²) < 4.78 is 46.1. The molecule has 0 saturated carbocycles. The summed E-state index contributed by atoms with van der Waals surface area (Å²) in [5, 5.41) is 13.9. The van der Waals surface area contributed by atoms with E-state index in [9.17, 15) is 23.1 Å². The Morgan fingerprint density at radius 2 is 1.92 bits per heavy atom. The lowest BCUT2D eigenvalue weighted by Crippen LogP contribution is -2.45. The van der Waals surface area contributed by atoms with Crippen LogP contribution in [-0.4, -0.2) is 68.3 Å². The van der Waals surface area contributed by atoms with Gasteiger partial charge >= 0.3 is 5.97 Å². The number of hydrogen-bond acceptors (Lipinski definition) is 6. The first-order chi connectivity index (χ1) is 18.6. The first-order valence-corrected chi connectivity index (χ1v) is 13.1. The topological polar surface area (TPSA) is 77.9 Å². The number of aliphatic carboxylic acids is 1. The Morgan fingerprint density at radius 1 is 1.18 bits per heavy atom. The molecule has 39 heavy (non-hydrogen) atoms. The smallest absolute Gasteiger partial charge is 0.309 e. The Balaban J connectivity index is 1.37. The molecule has 1 fully saturated rings. The van der Waals surface area contributed by atoms with Gasteiger partial charge < -0.3 is 25.0 Å². The minimum atomic E-state index is -1.24. The number of piperidine rings is 1. The fourth-order valence-electron chi connectivity index (χ4n) is 5.40. The molecule has 0 amide bonds. The first-order valence-electron chi connectivity index (χ1n) is 13.1. The molecule has 1 saturated heterocycles. The van der Waals surface area contributed by atoms with Gasteiger partial charge in [-0.2, -0.15) is 0 Å². The average molecular weight is 545 g/mol. The fourth-order valence-corrected chi connectivity index (χ4v) is 5.40. The summed E-state index contributed by atoms with van der Waals surface area (Å²) in [6.07, 6.45) is 4.80. The molecule has 210 valence electrons. The van der Waals surface area contributed by atoms with Crippen LogP contribution < -0.4 is 15.0 Å². The van der Waals surface area contributed by atoms with Crippen molar-refractivity contribution in [3.8, 4) is 5.75 Å². The molecular formula is C29H35F3N4O3. The molecular weight excluding hydrogens is 509 g/mol. The zero-order valence-corrected chi connectivity index (χ0v) is 22.6. The standard InChI is InChI=1S/C29H35F3N4O3/c1-35(2)26-18-34-24-7-6-20(39-3)17-22(24)21(26)5-4-8-29(28(37)38)9-12-36(13-10-29)14-11-33-25-16-19(30)15-23(31)27(25)32/h6-7,15-18,33H,4-5,8-14H2,1-3H3,(H,37,38). The summed E-state index contributed by atoms with van der Waals surface area (Å²) in [5.74, 6) is -3.24. The Labute approximate surface area is 226 Å². The second-order valence-electron chi connectivity index (χ2n) is 10.4. The van der Waals surface area contributed by atoms with E-state index in [0.29, 0.717) is 57.8 Å². The minimum Gasteiger partial charge on any atom is -0.497 e. The highest BCUT2D eigenvalue weighted by Crippen LogP contribution is 2.38. The number of nitrogens with zero attached hydrogens (tertiary/aromatic N) is 3. The van der Waals surface area contributed by atoms with Crippen LogP contribution in [0.1, 0.15) is 31.2 Å². The number of halogens is 3. The normalized spacial score (nSPS) is 15.3. The SMILES string of the molecule is COc1ccc2ncc(N(C)C)c(CCCC3(C(=O)O)CCN(CCNc4cc(F)cc(F)c4F)CC3)c2c1. The number of likely N-dealkylation sites (tertiary alicyclic amines) is 1. The van der Waals surface area contributed by atoms with Gasteiger partial charge in [0.25, 0.3) is 0 Å². The predicted molar refractivity (Wildman–Crippen MR) is 146 cm³/mol. The molecule has 0 unspecified atom stereocenters. The zero-order chi connectivity index (χ0) is 28.2. The van der Waals surface area contributed by atoms with Crippen molar-refractivity contribution in [1.29, 1.82) is 0 Å². The van der Waals surface area contributed by atoms with Crippen LogP contribution in [0, 0.1) is 22.9 Å². The molecule has 0 aliphatic carbocycles. The van der Waals surface area contributed by atoms with E-state index in [0.717, 1.165) is 34.0 Å². The van der Waals surface area contributed by atoms with Gasteiger partial charge in [0.2, 0.25) is 0 Å². The molecule has 0 spiro atoms. The van der Waals surface area contributed by atoms with Gasteiger partial charge in [-0.05, 0) is 69.0 Å². The van der Waals surface area contributed by atoms with Crippen LogP contribution in [0.15, 0.2) is 36.5 Å².